The van der Waals surface area contributed by atoms with Crippen molar-refractivity contribution in [2.75, 3.05) is 9.80 Å². The summed E-state index contributed by atoms with van der Waals surface area (Å²) in [6, 6.07) is 93.9. The molecule has 1 unspecified atom stereocenters. The van der Waals surface area contributed by atoms with Gasteiger partial charge in [-0.05, 0) is 175 Å². The highest BCUT2D eigenvalue weighted by atomic mass is 16.3. The molecule has 0 saturated heterocycles. The van der Waals surface area contributed by atoms with Crippen molar-refractivity contribution >= 4 is 110 Å². The minimum Gasteiger partial charge on any atom is -0.454 e. The van der Waals surface area contributed by atoms with E-state index >= 15 is 0 Å². The Kier molecular flexibility index (Phi) is 9.15. The Morgan fingerprint density at radius 1 is 0.304 bits per heavy atom. The van der Waals surface area contributed by atoms with Crippen LogP contribution in [0, 0.1) is 13.8 Å². The first kappa shape index (κ1) is 44.0. The first-order valence-corrected chi connectivity index (χ1v) is 27.3. The molecule has 79 heavy (non-hydrogen) atoms. The monoisotopic (exact) mass is 1010 g/mol. The molecule has 0 aliphatic heterocycles. The zero-order chi connectivity index (χ0) is 52.1. The summed E-state index contributed by atoms with van der Waals surface area (Å²) in [6.07, 6.45) is 0. The minimum atomic E-state index is -0.642. The molecule has 370 valence electrons. The number of furan rings is 2. The third-order valence-electron chi connectivity index (χ3n) is 17.4. The Hall–Kier alpha value is -10.2. The molecule has 17 rings (SSSR count). The van der Waals surface area contributed by atoms with E-state index in [1.165, 1.54) is 88.0 Å². The summed E-state index contributed by atoms with van der Waals surface area (Å²) in [7, 11) is 0. The van der Waals surface area contributed by atoms with Gasteiger partial charge in [-0.1, -0.05) is 182 Å². The first-order chi connectivity index (χ1) is 39.0. The number of hydrogen-bond donors (Lipinski definition) is 0. The molecular weight excluding hydrogens is 961 g/mol. The molecule has 0 radical (unpaired) electrons. The van der Waals surface area contributed by atoms with Gasteiger partial charge >= 0.3 is 0 Å². The van der Waals surface area contributed by atoms with E-state index in [9.17, 15) is 0 Å². The summed E-state index contributed by atoms with van der Waals surface area (Å²) < 4.78 is 13.6. The standard InChI is InChI=1S/C75H48N2O2/c1-45-17-3-11-27-65(45)76(67-29-15-24-58-55-21-8-13-31-69(55)78-73(58)67)51-36-33-48-43-61-57-38-34-49-41-52(77(66-28-12-4-18-46(66)2)68-30-16-25-59-56-22-9-14-32-70(56)79-74(59)68)37-39-54(49)72(57)75(64(61)44-50(48)42-51)62-26-10-7-23-60(62)71-53-20-6-5-19-47(53)35-40-63(71)75/h3-44H,1-2H3. The second-order valence-corrected chi connectivity index (χ2v) is 21.6. The molecule has 2 aliphatic carbocycles. The molecule has 15 aromatic rings. The van der Waals surface area contributed by atoms with E-state index in [0.717, 1.165) is 78.0 Å². The van der Waals surface area contributed by atoms with Gasteiger partial charge in [-0.15, -0.1) is 0 Å². The number of para-hydroxylation sites is 6. The van der Waals surface area contributed by atoms with E-state index < -0.39 is 5.41 Å². The Morgan fingerprint density at radius 3 is 1.52 bits per heavy atom. The number of hydrogen-bond acceptors (Lipinski definition) is 4. The van der Waals surface area contributed by atoms with E-state index in [0.29, 0.717) is 0 Å². The third-order valence-corrected chi connectivity index (χ3v) is 17.4. The SMILES string of the molecule is Cc1ccccc1N(c1ccc2cc3c(cc2c1)C1(c2ccccc2-c2c1ccc1ccccc21)c1c-3ccc2cc(N(c3ccccc3C)c3cccc4c3oc3ccccc34)ccc12)c1cccc2c1oc1ccccc12. The largest absolute Gasteiger partial charge is 0.454 e. The highest BCUT2D eigenvalue weighted by Crippen LogP contribution is 2.66. The van der Waals surface area contributed by atoms with Crippen molar-refractivity contribution in [2.45, 2.75) is 19.3 Å². The average Bonchev–Trinajstić information content (AvgIpc) is 3.76. The van der Waals surface area contributed by atoms with E-state index in [2.05, 4.69) is 266 Å². The predicted molar refractivity (Wildman–Crippen MR) is 329 cm³/mol. The Labute approximate surface area is 456 Å². The molecule has 1 atom stereocenters. The van der Waals surface area contributed by atoms with Crippen LogP contribution in [0.3, 0.4) is 0 Å². The number of aryl methyl sites for hydroxylation is 2. The van der Waals surface area contributed by atoms with E-state index in [4.69, 9.17) is 8.83 Å². The number of nitrogens with zero attached hydrogens (tertiary/aromatic N) is 2. The van der Waals surface area contributed by atoms with Gasteiger partial charge in [0, 0.05) is 44.3 Å². The lowest BCUT2D eigenvalue weighted by Crippen LogP contribution is -2.26. The molecule has 2 aliphatic rings. The lowest BCUT2D eigenvalue weighted by molar-refractivity contribution is 0.668. The molecule has 13 aromatic carbocycles. The van der Waals surface area contributed by atoms with Gasteiger partial charge < -0.3 is 18.6 Å². The van der Waals surface area contributed by atoms with Gasteiger partial charge in [0.15, 0.2) is 11.2 Å². The molecule has 0 N–H and O–H groups in total. The van der Waals surface area contributed by atoms with Crippen LogP contribution in [0.4, 0.5) is 34.1 Å². The van der Waals surface area contributed by atoms with Crippen LogP contribution in [0.1, 0.15) is 33.4 Å². The van der Waals surface area contributed by atoms with Crippen LogP contribution in [0.15, 0.2) is 264 Å². The molecule has 1 spiro atoms. The van der Waals surface area contributed by atoms with Crippen LogP contribution in [-0.4, -0.2) is 0 Å². The van der Waals surface area contributed by atoms with E-state index in [1.807, 2.05) is 12.1 Å². The summed E-state index contributed by atoms with van der Waals surface area (Å²) >= 11 is 0. The Balaban J connectivity index is 0.920. The average molecular weight is 1010 g/mol. The maximum Gasteiger partial charge on any atom is 0.159 e. The van der Waals surface area contributed by atoms with Crippen molar-refractivity contribution in [1.82, 2.24) is 0 Å². The van der Waals surface area contributed by atoms with Gasteiger partial charge in [-0.2, -0.15) is 0 Å². The van der Waals surface area contributed by atoms with Gasteiger partial charge in [0.1, 0.15) is 11.2 Å². The maximum absolute atomic E-state index is 6.78. The lowest BCUT2D eigenvalue weighted by Gasteiger charge is -2.32. The van der Waals surface area contributed by atoms with Gasteiger partial charge in [-0.25, -0.2) is 0 Å². The fourth-order valence-electron chi connectivity index (χ4n) is 14.0. The fraction of sp³-hybridized carbons (Fsp3) is 0.0400. The summed E-state index contributed by atoms with van der Waals surface area (Å²) in [4.78, 5) is 4.78. The zero-order valence-electron chi connectivity index (χ0n) is 43.5. The fourth-order valence-corrected chi connectivity index (χ4v) is 14.0. The van der Waals surface area contributed by atoms with E-state index in [1.54, 1.807) is 0 Å². The van der Waals surface area contributed by atoms with Crippen molar-refractivity contribution in [3.05, 3.63) is 288 Å². The number of fused-ring (bicyclic) bond motifs is 21. The normalized spacial score (nSPS) is 14.3. The molecule has 4 heteroatoms. The molecule has 2 aromatic heterocycles. The third kappa shape index (κ3) is 6.08. The van der Waals surface area contributed by atoms with Gasteiger partial charge in [0.25, 0.3) is 0 Å². The van der Waals surface area contributed by atoms with Crippen LogP contribution in [0.2, 0.25) is 0 Å². The topological polar surface area (TPSA) is 32.8 Å². The highest BCUT2D eigenvalue weighted by molar-refractivity contribution is 6.14. The summed E-state index contributed by atoms with van der Waals surface area (Å²) in [5, 5.41) is 11.7. The van der Waals surface area contributed by atoms with Gasteiger partial charge in [0.2, 0.25) is 0 Å². The smallest absolute Gasteiger partial charge is 0.159 e. The first-order valence-electron chi connectivity index (χ1n) is 27.3. The van der Waals surface area contributed by atoms with Gasteiger partial charge in [-0.3, -0.25) is 0 Å². The second kappa shape index (κ2) is 16.4. The van der Waals surface area contributed by atoms with Crippen molar-refractivity contribution in [3.8, 4) is 22.3 Å². The molecule has 4 nitrogen and oxygen atoms in total. The zero-order valence-corrected chi connectivity index (χ0v) is 43.5. The van der Waals surface area contributed by atoms with E-state index in [-0.39, 0.29) is 0 Å². The lowest BCUT2D eigenvalue weighted by atomic mass is 9.69. The van der Waals surface area contributed by atoms with Crippen LogP contribution in [0.25, 0.3) is 98.4 Å². The molecule has 0 fully saturated rings. The highest BCUT2D eigenvalue weighted by Gasteiger charge is 2.53. The minimum absolute atomic E-state index is 0.642. The quantitative estimate of drug-likeness (QED) is 0.166. The summed E-state index contributed by atoms with van der Waals surface area (Å²) in [5.74, 6) is 0. The van der Waals surface area contributed by atoms with Gasteiger partial charge in [0.05, 0.1) is 16.8 Å². The Bertz CT molecular complexity index is 5100. The van der Waals surface area contributed by atoms with Crippen LogP contribution < -0.4 is 9.80 Å². The predicted octanol–water partition coefficient (Wildman–Crippen LogP) is 20.8. The molecule has 0 bridgehead atoms. The molecular formula is C75H48N2O2. The van der Waals surface area contributed by atoms with Crippen molar-refractivity contribution in [2.24, 2.45) is 0 Å². The molecule has 2 heterocycles. The second-order valence-electron chi connectivity index (χ2n) is 21.6. The summed E-state index contributed by atoms with van der Waals surface area (Å²) in [6.45, 7) is 4.40. The van der Waals surface area contributed by atoms with Crippen molar-refractivity contribution in [1.29, 1.82) is 0 Å². The van der Waals surface area contributed by atoms with Crippen LogP contribution in [0.5, 0.6) is 0 Å². The van der Waals surface area contributed by atoms with Crippen molar-refractivity contribution < 1.29 is 8.83 Å². The molecule has 0 saturated carbocycles. The number of rotatable bonds is 6. The van der Waals surface area contributed by atoms with Crippen LogP contribution in [-0.2, 0) is 5.41 Å². The number of benzene rings is 13. The summed E-state index contributed by atoms with van der Waals surface area (Å²) in [5.41, 5.74) is 21.9. The van der Waals surface area contributed by atoms with Crippen LogP contribution >= 0.6 is 0 Å². The molecule has 0 amide bonds. The number of anilines is 6. The maximum atomic E-state index is 6.78. The Morgan fingerprint density at radius 2 is 0.835 bits per heavy atom. The van der Waals surface area contributed by atoms with Crippen molar-refractivity contribution in [3.63, 3.8) is 0 Å².